The molecule has 7 heteroatoms. The first-order chi connectivity index (χ1) is 14.3. The van der Waals surface area contributed by atoms with Crippen molar-refractivity contribution < 1.29 is 12.8 Å². The summed E-state index contributed by atoms with van der Waals surface area (Å²) in [5.74, 6) is 2.10. The number of piperidine rings is 1. The van der Waals surface area contributed by atoms with Gasteiger partial charge in [-0.1, -0.05) is 23.7 Å². The number of nitrogens with zero attached hydrogens (tertiary/aromatic N) is 2. The molecule has 1 aromatic heterocycles. The summed E-state index contributed by atoms with van der Waals surface area (Å²) in [7, 11) is -3.03. The van der Waals surface area contributed by atoms with Crippen molar-refractivity contribution in [1.29, 1.82) is 0 Å². The molecule has 164 valence electrons. The molecule has 1 aromatic carbocycles. The van der Waals surface area contributed by atoms with Crippen LogP contribution in [0.3, 0.4) is 0 Å². The average Bonchev–Trinajstić information content (AvgIpc) is 3.16. The highest BCUT2D eigenvalue weighted by Crippen LogP contribution is 2.37. The van der Waals surface area contributed by atoms with E-state index in [1.807, 2.05) is 19.1 Å². The summed E-state index contributed by atoms with van der Waals surface area (Å²) in [5, 5.41) is 0.488. The molecule has 2 atom stereocenters. The molecule has 2 aromatic rings. The van der Waals surface area contributed by atoms with Crippen LogP contribution in [0.15, 0.2) is 34.9 Å². The second-order valence-electron chi connectivity index (χ2n) is 9.02. The minimum Gasteiger partial charge on any atom is -0.446 e. The summed E-state index contributed by atoms with van der Waals surface area (Å²) in [6.07, 6.45) is 9.97. The molecule has 4 rings (SSSR count). The third kappa shape index (κ3) is 5.09. The van der Waals surface area contributed by atoms with E-state index in [4.69, 9.17) is 16.0 Å². The SMILES string of the molecule is Cc1cnc(C2CCC(N3C[C@H](S(C)(=O)=O)CC[C@@H]3Cc3ccc(Cl)cc3)CC2)o1. The zero-order valence-corrected chi connectivity index (χ0v) is 19.3. The average molecular weight is 451 g/mol. The van der Waals surface area contributed by atoms with Crippen molar-refractivity contribution in [2.45, 2.75) is 75.1 Å². The van der Waals surface area contributed by atoms with Gasteiger partial charge in [0.25, 0.3) is 0 Å². The fourth-order valence-corrected chi connectivity index (χ4v) is 6.28. The maximum Gasteiger partial charge on any atom is 0.197 e. The van der Waals surface area contributed by atoms with E-state index in [2.05, 4.69) is 22.0 Å². The van der Waals surface area contributed by atoms with Gasteiger partial charge in [-0.05, 0) is 69.6 Å². The van der Waals surface area contributed by atoms with Crippen molar-refractivity contribution >= 4 is 21.4 Å². The molecule has 1 saturated heterocycles. The fourth-order valence-electron chi connectivity index (χ4n) is 5.14. The maximum absolute atomic E-state index is 12.3. The van der Waals surface area contributed by atoms with Gasteiger partial charge in [0.15, 0.2) is 15.7 Å². The Kier molecular flexibility index (Phi) is 6.56. The van der Waals surface area contributed by atoms with Gasteiger partial charge in [-0.25, -0.2) is 13.4 Å². The Balaban J connectivity index is 1.47. The van der Waals surface area contributed by atoms with E-state index in [-0.39, 0.29) is 5.25 Å². The van der Waals surface area contributed by atoms with Gasteiger partial charge in [0, 0.05) is 35.8 Å². The van der Waals surface area contributed by atoms with Crippen LogP contribution in [0.2, 0.25) is 5.02 Å². The Morgan fingerprint density at radius 1 is 1.10 bits per heavy atom. The smallest absolute Gasteiger partial charge is 0.197 e. The van der Waals surface area contributed by atoms with E-state index < -0.39 is 9.84 Å². The zero-order valence-electron chi connectivity index (χ0n) is 17.8. The lowest BCUT2D eigenvalue weighted by molar-refractivity contribution is 0.0687. The highest BCUT2D eigenvalue weighted by Gasteiger charge is 2.38. The molecule has 2 aliphatic rings. The summed E-state index contributed by atoms with van der Waals surface area (Å²) in [6, 6.07) is 8.84. The first-order valence-electron chi connectivity index (χ1n) is 10.9. The topological polar surface area (TPSA) is 63.4 Å². The Bertz CT molecular complexity index is 949. The molecule has 1 aliphatic carbocycles. The number of aryl methyl sites for hydroxylation is 1. The predicted octanol–water partition coefficient (Wildman–Crippen LogP) is 4.78. The molecular formula is C23H31ClN2O3S. The van der Waals surface area contributed by atoms with Crippen LogP contribution in [-0.2, 0) is 16.3 Å². The summed E-state index contributed by atoms with van der Waals surface area (Å²) < 4.78 is 30.3. The summed E-state index contributed by atoms with van der Waals surface area (Å²) in [4.78, 5) is 6.93. The quantitative estimate of drug-likeness (QED) is 0.655. The first-order valence-corrected chi connectivity index (χ1v) is 13.2. The molecule has 2 fully saturated rings. The Morgan fingerprint density at radius 2 is 1.80 bits per heavy atom. The van der Waals surface area contributed by atoms with Crippen molar-refractivity contribution in [3.63, 3.8) is 0 Å². The highest BCUT2D eigenvalue weighted by atomic mass is 35.5. The van der Waals surface area contributed by atoms with Gasteiger partial charge < -0.3 is 4.42 Å². The van der Waals surface area contributed by atoms with E-state index >= 15 is 0 Å². The van der Waals surface area contributed by atoms with Crippen LogP contribution in [0.5, 0.6) is 0 Å². The van der Waals surface area contributed by atoms with Crippen LogP contribution >= 0.6 is 11.6 Å². The van der Waals surface area contributed by atoms with Crippen LogP contribution in [-0.4, -0.2) is 48.4 Å². The Labute approximate surface area is 184 Å². The molecule has 0 unspecified atom stereocenters. The number of likely N-dealkylation sites (tertiary alicyclic amines) is 1. The van der Waals surface area contributed by atoms with E-state index in [1.165, 1.54) is 11.8 Å². The number of oxazole rings is 1. The molecule has 2 heterocycles. The minimum absolute atomic E-state index is 0.258. The molecule has 1 aliphatic heterocycles. The molecule has 30 heavy (non-hydrogen) atoms. The molecule has 0 radical (unpaired) electrons. The summed E-state index contributed by atoms with van der Waals surface area (Å²) in [6.45, 7) is 2.58. The van der Waals surface area contributed by atoms with Crippen molar-refractivity contribution in [2.24, 2.45) is 0 Å². The minimum atomic E-state index is -3.03. The Morgan fingerprint density at radius 3 is 2.40 bits per heavy atom. The van der Waals surface area contributed by atoms with Gasteiger partial charge in [0.2, 0.25) is 0 Å². The van der Waals surface area contributed by atoms with Crippen LogP contribution in [0.1, 0.15) is 61.7 Å². The van der Waals surface area contributed by atoms with Crippen molar-refractivity contribution in [1.82, 2.24) is 9.88 Å². The lowest BCUT2D eigenvalue weighted by Gasteiger charge is -2.46. The number of aromatic nitrogens is 1. The molecule has 0 spiro atoms. The molecule has 5 nitrogen and oxygen atoms in total. The molecule has 0 bridgehead atoms. The Hall–Kier alpha value is -1.37. The first kappa shape index (κ1) is 21.8. The molecular weight excluding hydrogens is 420 g/mol. The molecule has 0 N–H and O–H groups in total. The standard InChI is InChI=1S/C23H31ClN2O3S/c1-16-14-25-23(29-16)18-5-9-20(10-6-18)26-15-22(30(2,27)28)12-11-21(26)13-17-3-7-19(24)8-4-17/h3-4,7-8,14,18,20-22H,5-6,9-13,15H2,1-2H3/t18?,20?,21-,22-/m1/s1. The summed E-state index contributed by atoms with van der Waals surface area (Å²) in [5.41, 5.74) is 1.26. The lowest BCUT2D eigenvalue weighted by Crippen LogP contribution is -2.53. The molecule has 0 amide bonds. The second kappa shape index (κ2) is 9.01. The maximum atomic E-state index is 12.3. The zero-order chi connectivity index (χ0) is 21.3. The van der Waals surface area contributed by atoms with E-state index in [9.17, 15) is 8.42 Å². The van der Waals surface area contributed by atoms with Gasteiger partial charge >= 0.3 is 0 Å². The number of rotatable bonds is 5. The second-order valence-corrected chi connectivity index (χ2v) is 11.8. The van der Waals surface area contributed by atoms with Crippen LogP contribution in [0.25, 0.3) is 0 Å². The number of halogens is 1. The van der Waals surface area contributed by atoms with E-state index in [0.717, 1.165) is 61.6 Å². The van der Waals surface area contributed by atoms with Crippen LogP contribution < -0.4 is 0 Å². The third-order valence-electron chi connectivity index (χ3n) is 6.85. The molecule has 1 saturated carbocycles. The van der Waals surface area contributed by atoms with Gasteiger partial charge in [0.1, 0.15) is 5.76 Å². The van der Waals surface area contributed by atoms with Gasteiger partial charge in [0.05, 0.1) is 11.4 Å². The van der Waals surface area contributed by atoms with Crippen molar-refractivity contribution in [3.8, 4) is 0 Å². The van der Waals surface area contributed by atoms with Gasteiger partial charge in [-0.3, -0.25) is 4.90 Å². The normalized spacial score (nSPS) is 28.5. The largest absolute Gasteiger partial charge is 0.446 e. The van der Waals surface area contributed by atoms with Crippen molar-refractivity contribution in [2.75, 3.05) is 12.8 Å². The van der Waals surface area contributed by atoms with Gasteiger partial charge in [-0.15, -0.1) is 0 Å². The monoisotopic (exact) mass is 450 g/mol. The van der Waals surface area contributed by atoms with Crippen LogP contribution in [0.4, 0.5) is 0 Å². The van der Waals surface area contributed by atoms with Crippen LogP contribution in [0, 0.1) is 6.92 Å². The number of hydrogen-bond donors (Lipinski definition) is 0. The van der Waals surface area contributed by atoms with E-state index in [0.29, 0.717) is 24.5 Å². The predicted molar refractivity (Wildman–Crippen MR) is 120 cm³/mol. The summed E-state index contributed by atoms with van der Waals surface area (Å²) >= 11 is 6.05. The lowest BCUT2D eigenvalue weighted by atomic mass is 9.83. The fraction of sp³-hybridized carbons (Fsp3) is 0.609. The van der Waals surface area contributed by atoms with E-state index in [1.54, 1.807) is 6.20 Å². The highest BCUT2D eigenvalue weighted by molar-refractivity contribution is 7.91. The number of sulfone groups is 1. The number of benzene rings is 1. The number of hydrogen-bond acceptors (Lipinski definition) is 5. The third-order valence-corrected chi connectivity index (χ3v) is 8.70. The van der Waals surface area contributed by atoms with Crippen molar-refractivity contribution in [3.05, 3.63) is 52.7 Å². The van der Waals surface area contributed by atoms with Gasteiger partial charge in [-0.2, -0.15) is 0 Å².